The number of hydrogen-bond donors (Lipinski definition) is 0. The highest BCUT2D eigenvalue weighted by Crippen LogP contribution is 2.28. The largest absolute Gasteiger partial charge is 0.497 e. The van der Waals surface area contributed by atoms with Crippen LogP contribution >= 0.6 is 0 Å². The van der Waals surface area contributed by atoms with Crippen LogP contribution in [0.5, 0.6) is 0 Å². The van der Waals surface area contributed by atoms with E-state index in [9.17, 15) is 8.42 Å². The third-order valence-electron chi connectivity index (χ3n) is 5.24. The van der Waals surface area contributed by atoms with E-state index in [1.54, 1.807) is 44.6 Å². The summed E-state index contributed by atoms with van der Waals surface area (Å²) in [4.78, 5) is 0. The molecule has 0 aliphatic rings. The number of hydrogen-bond acceptors (Lipinski definition) is 4. The second-order valence-electron chi connectivity index (χ2n) is 8.40. The fraction of sp³-hybridized carbons (Fsp3) is 0.481. The number of nitrogens with zero attached hydrogens (tertiary/aromatic N) is 1. The molecule has 0 bridgehead atoms. The average Bonchev–Trinajstić information content (AvgIpc) is 2.74. The topological polar surface area (TPSA) is 55.8 Å². The van der Waals surface area contributed by atoms with E-state index >= 15 is 0 Å². The lowest BCUT2D eigenvalue weighted by Crippen LogP contribution is -2.45. The molecule has 0 rings (SSSR count). The lowest BCUT2D eigenvalue weighted by Gasteiger charge is -2.33. The van der Waals surface area contributed by atoms with Crippen LogP contribution in [-0.4, -0.2) is 45.3 Å². The van der Waals surface area contributed by atoms with Gasteiger partial charge in [0.1, 0.15) is 11.5 Å². The quantitative estimate of drug-likeness (QED) is 0.151. The molecule has 0 aromatic heterocycles. The molecule has 186 valence electrons. The first-order valence-electron chi connectivity index (χ1n) is 11.2. The van der Waals surface area contributed by atoms with Crippen LogP contribution in [-0.2, 0) is 19.5 Å². The molecule has 0 saturated carbocycles. The molecule has 0 spiro atoms. The molecular formula is C27H43NO4S. The van der Waals surface area contributed by atoms with Crippen LogP contribution in [0.4, 0.5) is 0 Å². The fourth-order valence-corrected chi connectivity index (χ4v) is 6.10. The molecule has 6 heteroatoms. The number of rotatable bonds is 16. The summed E-state index contributed by atoms with van der Waals surface area (Å²) in [6.45, 7) is 21.6. The van der Waals surface area contributed by atoms with Crippen molar-refractivity contribution >= 4 is 10.0 Å². The van der Waals surface area contributed by atoms with Gasteiger partial charge in [-0.2, -0.15) is 4.31 Å². The predicted molar refractivity (Wildman–Crippen MR) is 141 cm³/mol. The maximum Gasteiger partial charge on any atom is 0.218 e. The van der Waals surface area contributed by atoms with E-state index < -0.39 is 15.3 Å². The molecule has 0 aliphatic carbocycles. The Morgan fingerprint density at radius 1 is 1.00 bits per heavy atom. The van der Waals surface area contributed by atoms with Gasteiger partial charge < -0.3 is 9.47 Å². The zero-order valence-electron chi connectivity index (χ0n) is 21.5. The van der Waals surface area contributed by atoms with Gasteiger partial charge in [-0.1, -0.05) is 57.7 Å². The van der Waals surface area contributed by atoms with E-state index in [-0.39, 0.29) is 24.9 Å². The highest BCUT2D eigenvalue weighted by atomic mass is 32.2. The van der Waals surface area contributed by atoms with Crippen molar-refractivity contribution in [2.45, 2.75) is 46.3 Å². The Hall–Kier alpha value is -2.31. The van der Waals surface area contributed by atoms with Gasteiger partial charge in [0.05, 0.1) is 19.5 Å². The van der Waals surface area contributed by atoms with Gasteiger partial charge in [0, 0.05) is 13.1 Å². The molecule has 0 N–H and O–H groups in total. The van der Waals surface area contributed by atoms with Crippen LogP contribution in [0.25, 0.3) is 0 Å². The molecule has 0 amide bonds. The molecule has 0 aromatic rings. The first-order valence-corrected chi connectivity index (χ1v) is 12.7. The molecule has 1 unspecified atom stereocenters. The van der Waals surface area contributed by atoms with E-state index in [2.05, 4.69) is 19.7 Å². The second kappa shape index (κ2) is 15.5. The maximum absolute atomic E-state index is 13.9. The van der Waals surface area contributed by atoms with Crippen molar-refractivity contribution in [1.29, 1.82) is 0 Å². The SMILES string of the molecule is C=CCC(C)[C@H](C(C)C)S(=O)(=O)N(CC(=C)/C=C\C(=C/C)OC)C/C(C)=C/C=C(\C=C)OC. The fourth-order valence-electron chi connectivity index (χ4n) is 3.64. The van der Waals surface area contributed by atoms with Crippen LogP contribution in [0.2, 0.25) is 0 Å². The van der Waals surface area contributed by atoms with Gasteiger partial charge in [0.25, 0.3) is 0 Å². The van der Waals surface area contributed by atoms with E-state index in [1.165, 1.54) is 4.31 Å². The van der Waals surface area contributed by atoms with Gasteiger partial charge in [0.15, 0.2) is 0 Å². The molecule has 5 nitrogen and oxygen atoms in total. The minimum absolute atomic E-state index is 0.0515. The van der Waals surface area contributed by atoms with Crippen LogP contribution in [0.1, 0.15) is 41.0 Å². The van der Waals surface area contributed by atoms with Crippen molar-refractivity contribution in [1.82, 2.24) is 4.31 Å². The minimum atomic E-state index is -3.64. The van der Waals surface area contributed by atoms with Gasteiger partial charge in [-0.05, 0) is 62.0 Å². The molecule has 2 atom stereocenters. The lowest BCUT2D eigenvalue weighted by atomic mass is 9.95. The van der Waals surface area contributed by atoms with Crippen LogP contribution < -0.4 is 0 Å². The molecule has 0 heterocycles. The second-order valence-corrected chi connectivity index (χ2v) is 10.5. The number of ether oxygens (including phenoxy) is 2. The summed E-state index contributed by atoms with van der Waals surface area (Å²) < 4.78 is 39.7. The Morgan fingerprint density at radius 2 is 1.61 bits per heavy atom. The number of sulfonamides is 1. The van der Waals surface area contributed by atoms with Crippen LogP contribution in [0.3, 0.4) is 0 Å². The molecule has 33 heavy (non-hydrogen) atoms. The normalized spacial score (nSPS) is 15.6. The van der Waals surface area contributed by atoms with Crippen LogP contribution in [0.15, 0.2) is 84.9 Å². The van der Waals surface area contributed by atoms with Crippen molar-refractivity contribution < 1.29 is 17.9 Å². The average molecular weight is 478 g/mol. The van der Waals surface area contributed by atoms with Gasteiger partial charge in [-0.25, -0.2) is 8.42 Å². The third kappa shape index (κ3) is 10.4. The third-order valence-corrected chi connectivity index (χ3v) is 7.91. The highest BCUT2D eigenvalue weighted by Gasteiger charge is 2.37. The monoisotopic (exact) mass is 477 g/mol. The molecule has 0 fully saturated rings. The Bertz CT molecular complexity index is 876. The summed E-state index contributed by atoms with van der Waals surface area (Å²) >= 11 is 0. The van der Waals surface area contributed by atoms with E-state index in [1.807, 2.05) is 46.8 Å². The standard InChI is InChI=1S/C27H43NO4S/c1-11-14-24(8)27(21(4)5)33(29,30)28(19-22(6)15-17-25(12-2)31-9)20-23(7)16-18-26(13-3)32-10/h11-13,15-18,21,24,27H,1-2,7,14,19-20H2,3-6,8-10H3/b18-16-,22-15+,25-17+,26-13+/t24?,27-/m0/s1. The maximum atomic E-state index is 13.9. The summed E-state index contributed by atoms with van der Waals surface area (Å²) in [5.41, 5.74) is 1.54. The molecule has 0 saturated heterocycles. The van der Waals surface area contributed by atoms with E-state index in [4.69, 9.17) is 9.47 Å². The van der Waals surface area contributed by atoms with Crippen LogP contribution in [0, 0.1) is 11.8 Å². The molecule has 0 aliphatic heterocycles. The Labute approximate surface area is 202 Å². The summed E-state index contributed by atoms with van der Waals surface area (Å²) in [5, 5.41) is -0.539. The smallest absolute Gasteiger partial charge is 0.218 e. The number of methoxy groups -OCH3 is 2. The Balaban J connectivity index is 6.20. The van der Waals surface area contributed by atoms with Crippen molar-refractivity contribution in [3.63, 3.8) is 0 Å². The Kier molecular flexibility index (Phi) is 14.4. The van der Waals surface area contributed by atoms with Crippen molar-refractivity contribution in [3.8, 4) is 0 Å². The van der Waals surface area contributed by atoms with Crippen molar-refractivity contribution in [2.24, 2.45) is 11.8 Å². The highest BCUT2D eigenvalue weighted by molar-refractivity contribution is 7.89. The summed E-state index contributed by atoms with van der Waals surface area (Å²) in [6.07, 6.45) is 13.0. The van der Waals surface area contributed by atoms with E-state index in [0.29, 0.717) is 23.5 Å². The zero-order chi connectivity index (χ0) is 25.6. The number of allylic oxidation sites excluding steroid dienone is 6. The molecule has 0 aromatic carbocycles. The lowest BCUT2D eigenvalue weighted by molar-refractivity contribution is 0.306. The van der Waals surface area contributed by atoms with Gasteiger partial charge >= 0.3 is 0 Å². The first kappa shape index (κ1) is 30.7. The van der Waals surface area contributed by atoms with E-state index in [0.717, 1.165) is 5.57 Å². The molecular weight excluding hydrogens is 434 g/mol. The molecule has 0 radical (unpaired) electrons. The Morgan fingerprint density at radius 3 is 2.06 bits per heavy atom. The summed E-state index contributed by atoms with van der Waals surface area (Å²) in [6, 6.07) is 0. The summed E-state index contributed by atoms with van der Waals surface area (Å²) in [5.74, 6) is 1.17. The van der Waals surface area contributed by atoms with Gasteiger partial charge in [-0.3, -0.25) is 0 Å². The minimum Gasteiger partial charge on any atom is -0.497 e. The van der Waals surface area contributed by atoms with Gasteiger partial charge in [-0.15, -0.1) is 6.58 Å². The predicted octanol–water partition coefficient (Wildman–Crippen LogP) is 6.18. The summed E-state index contributed by atoms with van der Waals surface area (Å²) in [7, 11) is -0.485. The van der Waals surface area contributed by atoms with Crippen molar-refractivity contribution in [2.75, 3.05) is 27.3 Å². The van der Waals surface area contributed by atoms with Gasteiger partial charge in [0.2, 0.25) is 10.0 Å². The van der Waals surface area contributed by atoms with Crippen molar-refractivity contribution in [3.05, 3.63) is 84.9 Å². The zero-order valence-corrected chi connectivity index (χ0v) is 22.3. The first-order chi connectivity index (χ1) is 15.5.